The van der Waals surface area contributed by atoms with Crippen LogP contribution in [0, 0.1) is 0 Å². The van der Waals surface area contributed by atoms with Crippen molar-refractivity contribution in [3.63, 3.8) is 0 Å². The lowest BCUT2D eigenvalue weighted by atomic mass is 9.73. The summed E-state index contributed by atoms with van der Waals surface area (Å²) in [5, 5.41) is 0. The number of alkyl halides is 6. The summed E-state index contributed by atoms with van der Waals surface area (Å²) in [6.07, 6.45) is -11.3. The molecule has 0 atom stereocenters. The first-order valence-electron chi connectivity index (χ1n) is 21.4. The zero-order valence-electron chi connectivity index (χ0n) is 37.8. The van der Waals surface area contributed by atoms with Crippen LogP contribution >= 0.6 is 0 Å². The largest absolute Gasteiger partial charge is 0.411 e. The van der Waals surface area contributed by atoms with Crippen LogP contribution in [-0.2, 0) is 52.3 Å². The molecule has 0 amide bonds. The number of hydrogen-bond acceptors (Lipinski definition) is 12. The predicted molar refractivity (Wildman–Crippen MR) is 258 cm³/mol. The van der Waals surface area contributed by atoms with Crippen LogP contribution in [0.2, 0.25) is 0 Å². The molecule has 0 radical (unpaired) electrons. The average Bonchev–Trinajstić information content (AvgIpc) is 3.36. The number of rotatable bonds is 16. The topological polar surface area (TPSA) is 173 Å². The molecular weight excluding hydrogens is 1060 g/mol. The molecule has 0 aromatic heterocycles. The second-order valence-corrected chi connectivity index (χ2v) is 21.8. The first-order chi connectivity index (χ1) is 34.9. The van der Waals surface area contributed by atoms with Gasteiger partial charge >= 0.3 is 52.8 Å². The summed E-state index contributed by atoms with van der Waals surface area (Å²) in [5.74, 6) is -0.605. The maximum atomic E-state index is 14.5. The second-order valence-electron chi connectivity index (χ2n) is 15.7. The van der Waals surface area contributed by atoms with Crippen LogP contribution in [0.5, 0.6) is 23.0 Å². The third kappa shape index (κ3) is 12.7. The summed E-state index contributed by atoms with van der Waals surface area (Å²) >= 11 is 0. The molecule has 0 N–H and O–H groups in total. The molecule has 8 aromatic rings. The maximum absolute atomic E-state index is 14.5. The van der Waals surface area contributed by atoms with Crippen molar-refractivity contribution in [1.82, 2.24) is 0 Å². The maximum Gasteiger partial charge on any atom is 0.411 e. The third-order valence-corrected chi connectivity index (χ3v) is 15.7. The van der Waals surface area contributed by atoms with Gasteiger partial charge in [0.1, 0.15) is 42.6 Å². The quantitative estimate of drug-likeness (QED) is 0.0663. The van der Waals surface area contributed by atoms with E-state index in [4.69, 9.17) is 16.7 Å². The first kappa shape index (κ1) is 54.1. The molecule has 8 aromatic carbocycles. The van der Waals surface area contributed by atoms with E-state index in [-0.39, 0.29) is 31.1 Å². The summed E-state index contributed by atoms with van der Waals surface area (Å²) in [6, 6.07) is 47.3. The van der Waals surface area contributed by atoms with Crippen molar-refractivity contribution in [3.8, 4) is 23.0 Å². The first-order valence-corrected chi connectivity index (χ1v) is 27.0. The van der Waals surface area contributed by atoms with E-state index in [0.29, 0.717) is 55.0 Å². The number of hydrogen-bond donors (Lipinski definition) is 0. The highest BCUT2D eigenvalue weighted by Crippen LogP contribution is 2.56. The number of benzene rings is 8. The van der Waals surface area contributed by atoms with Crippen molar-refractivity contribution in [1.29, 1.82) is 0 Å². The van der Waals surface area contributed by atoms with Crippen LogP contribution in [0.15, 0.2) is 238 Å². The lowest BCUT2D eigenvalue weighted by molar-refractivity contribution is -0.288. The summed E-state index contributed by atoms with van der Waals surface area (Å²) in [7, 11) is -16.6. The average molecular weight is 1100 g/mol. The molecule has 12 nitrogen and oxygen atoms in total. The van der Waals surface area contributed by atoms with Gasteiger partial charge in [0.15, 0.2) is 0 Å². The zero-order chi connectivity index (χ0) is 53.4. The standard InChI is InChI=1S/C27H18F6O6S2.C25H20O6S2/c28-26(29,30)25(27(31,32)33,19-11-15-21(16-12-19)38-40(34,35)23-7-3-1-4-8-23)20-13-17-22(18-14-20)39-41(36,37)24-9-5-2-6-10-24;26-32(27,24-7-3-1-4-8-24)30-22-15-11-20(12-16-22)19-21-13-17-23(18-14-21)31-33(28,29)25-9-5-2-6-10-25/h1-18H;1-18H,19H2. The molecule has 8 rings (SSSR count). The Morgan fingerprint density at radius 2 is 0.486 bits per heavy atom. The Labute approximate surface area is 422 Å². The Hall–Kier alpha value is -7.66. The summed E-state index contributed by atoms with van der Waals surface area (Å²) in [6.45, 7) is 0. The van der Waals surface area contributed by atoms with Gasteiger partial charge in [-0.1, -0.05) is 121 Å². The minimum Gasteiger partial charge on any atom is -0.379 e. The molecule has 0 unspecified atom stereocenters. The molecule has 0 spiro atoms. The minimum atomic E-state index is -5.94. The van der Waals surface area contributed by atoms with Crippen molar-refractivity contribution in [2.45, 2.75) is 43.8 Å². The van der Waals surface area contributed by atoms with Crippen LogP contribution in [0.1, 0.15) is 22.3 Å². The van der Waals surface area contributed by atoms with Gasteiger partial charge in [0, 0.05) is 0 Å². The van der Waals surface area contributed by atoms with E-state index in [2.05, 4.69) is 0 Å². The molecule has 0 aliphatic carbocycles. The lowest BCUT2D eigenvalue weighted by Crippen LogP contribution is -2.54. The van der Waals surface area contributed by atoms with Crippen LogP contribution in [0.3, 0.4) is 0 Å². The normalized spacial score (nSPS) is 12.4. The summed E-state index contributed by atoms with van der Waals surface area (Å²) < 4.78 is 206. The van der Waals surface area contributed by atoms with Gasteiger partial charge in [0.25, 0.3) is 0 Å². The Morgan fingerprint density at radius 3 is 0.689 bits per heavy atom. The third-order valence-electron chi connectivity index (χ3n) is 10.6. The van der Waals surface area contributed by atoms with Crippen molar-refractivity contribution in [2.24, 2.45) is 0 Å². The van der Waals surface area contributed by atoms with Gasteiger partial charge in [-0.25, -0.2) is 0 Å². The molecule has 74 heavy (non-hydrogen) atoms. The van der Waals surface area contributed by atoms with Crippen molar-refractivity contribution >= 4 is 40.5 Å². The molecule has 0 aliphatic rings. The van der Waals surface area contributed by atoms with E-state index in [1.54, 1.807) is 84.9 Å². The Bertz CT molecular complexity index is 3370. The van der Waals surface area contributed by atoms with E-state index in [1.165, 1.54) is 84.9 Å². The lowest BCUT2D eigenvalue weighted by Gasteiger charge is -2.38. The summed E-state index contributed by atoms with van der Waals surface area (Å²) in [5.41, 5.74) is -5.27. The zero-order valence-corrected chi connectivity index (χ0v) is 41.1. The fourth-order valence-electron chi connectivity index (χ4n) is 7.11. The Balaban J connectivity index is 0.000000221. The molecule has 0 fully saturated rings. The monoisotopic (exact) mass is 1100 g/mol. The Kier molecular flexibility index (Phi) is 16.0. The fourth-order valence-corrected chi connectivity index (χ4v) is 10.9. The van der Waals surface area contributed by atoms with E-state index in [1.807, 2.05) is 0 Å². The second kappa shape index (κ2) is 21.8. The SMILES string of the molecule is O=S(=O)(Oc1ccc(C(c2ccc(OS(=O)(=O)c3ccccc3)cc2)(C(F)(F)F)C(F)(F)F)cc1)c1ccccc1.O=S(=O)(Oc1ccc(Cc2ccc(OS(=O)(=O)c3ccccc3)cc2)cc1)c1ccccc1. The summed E-state index contributed by atoms with van der Waals surface area (Å²) in [4.78, 5) is -0.377. The molecule has 0 saturated carbocycles. The molecule has 384 valence electrons. The van der Waals surface area contributed by atoms with Gasteiger partial charge in [-0.2, -0.15) is 60.0 Å². The molecule has 0 aliphatic heterocycles. The minimum absolute atomic E-state index is 0.0886. The molecular formula is C52H38F6O12S4. The highest BCUT2D eigenvalue weighted by molar-refractivity contribution is 7.88. The van der Waals surface area contributed by atoms with Crippen LogP contribution in [0.4, 0.5) is 26.3 Å². The Morgan fingerprint density at radius 1 is 0.284 bits per heavy atom. The number of halogens is 6. The van der Waals surface area contributed by atoms with Crippen LogP contribution in [0.25, 0.3) is 0 Å². The van der Waals surface area contributed by atoms with E-state index in [0.717, 1.165) is 11.1 Å². The van der Waals surface area contributed by atoms with Crippen LogP contribution in [-0.4, -0.2) is 46.0 Å². The van der Waals surface area contributed by atoms with E-state index in [9.17, 15) is 60.0 Å². The van der Waals surface area contributed by atoms with E-state index >= 15 is 0 Å². The van der Waals surface area contributed by atoms with Gasteiger partial charge in [-0.05, 0) is 126 Å². The van der Waals surface area contributed by atoms with Gasteiger partial charge < -0.3 is 16.7 Å². The predicted octanol–water partition coefficient (Wildman–Crippen LogP) is 11.4. The van der Waals surface area contributed by atoms with Gasteiger partial charge in [-0.3, -0.25) is 0 Å². The molecule has 0 heterocycles. The van der Waals surface area contributed by atoms with Gasteiger partial charge in [-0.15, -0.1) is 0 Å². The molecule has 22 heteroatoms. The highest BCUT2D eigenvalue weighted by atomic mass is 32.2. The van der Waals surface area contributed by atoms with Crippen molar-refractivity contribution < 1.29 is 76.7 Å². The van der Waals surface area contributed by atoms with Crippen molar-refractivity contribution in [3.05, 3.63) is 241 Å². The highest BCUT2D eigenvalue weighted by Gasteiger charge is 2.72. The van der Waals surface area contributed by atoms with E-state index < -0.39 is 80.9 Å². The fraction of sp³-hybridized carbons (Fsp3) is 0.0769. The molecule has 0 bridgehead atoms. The van der Waals surface area contributed by atoms with Crippen LogP contribution < -0.4 is 16.7 Å². The smallest absolute Gasteiger partial charge is 0.379 e. The van der Waals surface area contributed by atoms with Gasteiger partial charge in [0.2, 0.25) is 5.41 Å². The molecule has 0 saturated heterocycles. The van der Waals surface area contributed by atoms with Crippen molar-refractivity contribution in [2.75, 3.05) is 0 Å². The van der Waals surface area contributed by atoms with Gasteiger partial charge in [0.05, 0.1) is 0 Å².